The number of nitrogens with two attached hydrogens (primary N) is 2. The predicted octanol–water partition coefficient (Wildman–Crippen LogP) is 3.42. The number of amides is 1. The number of carboxylic acids is 1. The molecule has 2 heterocycles. The average molecular weight is 621 g/mol. The molecule has 0 radical (unpaired) electrons. The zero-order chi connectivity index (χ0) is 28.3. The number of nitrogens with zero attached hydrogens (tertiary/aromatic N) is 2. The van der Waals surface area contributed by atoms with Crippen molar-refractivity contribution < 1.29 is 28.2 Å². The Hall–Kier alpha value is -2.93. The SMILES string of the molecule is COc1c(N2CCCC(=C(F)CNC(=O)[C@@H](N)CCCCN)C2)c(F)cc2c(=O)c(C(=O)O)cn(C3CC3)c12.Cl.Cl. The van der Waals surface area contributed by atoms with Crippen molar-refractivity contribution in [3.63, 3.8) is 0 Å². The maximum absolute atomic E-state index is 15.6. The van der Waals surface area contributed by atoms with Gasteiger partial charge in [-0.25, -0.2) is 13.6 Å². The van der Waals surface area contributed by atoms with Gasteiger partial charge in [-0.2, -0.15) is 0 Å². The van der Waals surface area contributed by atoms with Crippen molar-refractivity contribution in [1.82, 2.24) is 9.88 Å². The molecule has 0 unspecified atom stereocenters. The molecular weight excluding hydrogens is 583 g/mol. The molecule has 41 heavy (non-hydrogen) atoms. The van der Waals surface area contributed by atoms with E-state index in [1.54, 1.807) is 9.47 Å². The van der Waals surface area contributed by atoms with E-state index < -0.39 is 40.6 Å². The van der Waals surface area contributed by atoms with Gasteiger partial charge in [-0.1, -0.05) is 6.42 Å². The molecule has 0 spiro atoms. The van der Waals surface area contributed by atoms with Crippen LogP contribution in [0.2, 0.25) is 0 Å². The van der Waals surface area contributed by atoms with Crippen LogP contribution in [0.5, 0.6) is 5.75 Å². The second-order valence-electron chi connectivity index (χ2n) is 10.1. The summed E-state index contributed by atoms with van der Waals surface area (Å²) in [7, 11) is 1.36. The predicted molar refractivity (Wildman–Crippen MR) is 158 cm³/mol. The van der Waals surface area contributed by atoms with E-state index in [1.807, 2.05) is 0 Å². The van der Waals surface area contributed by atoms with Crippen LogP contribution in [-0.4, -0.2) is 60.9 Å². The van der Waals surface area contributed by atoms with Crippen molar-refractivity contribution in [1.29, 1.82) is 0 Å². The highest BCUT2D eigenvalue weighted by atomic mass is 35.5. The second-order valence-corrected chi connectivity index (χ2v) is 10.1. The van der Waals surface area contributed by atoms with Gasteiger partial charge in [0.25, 0.3) is 0 Å². The molecule has 1 aromatic carbocycles. The molecule has 1 aliphatic carbocycles. The Labute approximate surface area is 248 Å². The number of carboxylic acid groups (broad SMARTS) is 1. The van der Waals surface area contributed by atoms with Crippen molar-refractivity contribution >= 4 is 53.3 Å². The second kappa shape index (κ2) is 14.8. The van der Waals surface area contributed by atoms with Gasteiger partial charge >= 0.3 is 5.97 Å². The highest BCUT2D eigenvalue weighted by Gasteiger charge is 2.32. The lowest BCUT2D eigenvalue weighted by Crippen LogP contribution is -2.41. The minimum atomic E-state index is -1.38. The molecule has 1 atom stereocenters. The molecule has 1 aliphatic heterocycles. The van der Waals surface area contributed by atoms with E-state index >= 15 is 8.78 Å². The minimum absolute atomic E-state index is 0. The lowest BCUT2D eigenvalue weighted by molar-refractivity contribution is -0.122. The quantitative estimate of drug-likeness (QED) is 0.279. The summed E-state index contributed by atoms with van der Waals surface area (Å²) in [4.78, 5) is 38.5. The van der Waals surface area contributed by atoms with Crippen LogP contribution in [0.25, 0.3) is 10.9 Å². The van der Waals surface area contributed by atoms with E-state index in [1.165, 1.54) is 13.3 Å². The number of aromatic nitrogens is 1. The molecule has 228 valence electrons. The van der Waals surface area contributed by atoms with Crippen molar-refractivity contribution in [2.45, 2.75) is 57.0 Å². The summed E-state index contributed by atoms with van der Waals surface area (Å²) in [6.07, 6.45) is 5.75. The van der Waals surface area contributed by atoms with Crippen LogP contribution in [0.1, 0.15) is 61.3 Å². The number of ether oxygens (including phenoxy) is 1. The summed E-state index contributed by atoms with van der Waals surface area (Å²) in [6.45, 7) is 0.665. The molecule has 4 rings (SSSR count). The largest absolute Gasteiger partial charge is 0.492 e. The summed E-state index contributed by atoms with van der Waals surface area (Å²) in [5.74, 6) is -3.01. The first-order valence-electron chi connectivity index (χ1n) is 13.2. The first-order chi connectivity index (χ1) is 18.7. The van der Waals surface area contributed by atoms with Crippen LogP contribution >= 0.6 is 24.8 Å². The zero-order valence-electron chi connectivity index (χ0n) is 22.8. The van der Waals surface area contributed by atoms with Gasteiger partial charge in [0.2, 0.25) is 11.3 Å². The number of hydrogen-bond donors (Lipinski definition) is 4. The third kappa shape index (κ3) is 7.48. The van der Waals surface area contributed by atoms with Crippen molar-refractivity contribution in [3.05, 3.63) is 45.3 Å². The maximum atomic E-state index is 15.6. The molecule has 14 heteroatoms. The van der Waals surface area contributed by atoms with Crippen LogP contribution in [0.3, 0.4) is 0 Å². The number of aromatic carboxylic acids is 1. The molecule has 10 nitrogen and oxygen atoms in total. The fourth-order valence-corrected chi connectivity index (χ4v) is 5.07. The number of fused-ring (bicyclic) bond motifs is 1. The number of pyridine rings is 1. The number of benzene rings is 1. The third-order valence-corrected chi connectivity index (χ3v) is 7.28. The molecule has 6 N–H and O–H groups in total. The van der Waals surface area contributed by atoms with E-state index in [4.69, 9.17) is 16.2 Å². The van der Waals surface area contributed by atoms with Crippen molar-refractivity contribution in [2.75, 3.05) is 38.2 Å². The fraction of sp³-hybridized carbons (Fsp3) is 0.519. The van der Waals surface area contributed by atoms with Gasteiger partial charge in [-0.3, -0.25) is 9.59 Å². The Morgan fingerprint density at radius 3 is 2.59 bits per heavy atom. The molecule has 2 aliphatic rings. The number of unbranched alkanes of at least 4 members (excludes halogenated alkanes) is 1. The van der Waals surface area contributed by atoms with E-state index in [0.717, 1.165) is 25.3 Å². The monoisotopic (exact) mass is 619 g/mol. The number of rotatable bonds is 11. The third-order valence-electron chi connectivity index (χ3n) is 7.28. The highest BCUT2D eigenvalue weighted by molar-refractivity contribution is 5.97. The number of carbonyl (C=O) groups excluding carboxylic acids is 1. The molecular formula is C27H37Cl2F2N5O5. The smallest absolute Gasteiger partial charge is 0.341 e. The van der Waals surface area contributed by atoms with Gasteiger partial charge in [-0.05, 0) is 56.7 Å². The molecule has 1 saturated heterocycles. The van der Waals surface area contributed by atoms with Crippen LogP contribution in [-0.2, 0) is 4.79 Å². The van der Waals surface area contributed by atoms with Gasteiger partial charge in [0.1, 0.15) is 17.1 Å². The topological polar surface area (TPSA) is 153 Å². The minimum Gasteiger partial charge on any atom is -0.492 e. The van der Waals surface area contributed by atoms with Crippen LogP contribution in [0.15, 0.2) is 28.5 Å². The summed E-state index contributed by atoms with van der Waals surface area (Å²) in [5.41, 5.74) is 10.9. The Bertz CT molecular complexity index is 1370. The van der Waals surface area contributed by atoms with Gasteiger partial charge in [0.05, 0.1) is 30.6 Å². The number of hydrogen-bond acceptors (Lipinski definition) is 7. The average Bonchev–Trinajstić information content (AvgIpc) is 3.76. The first-order valence-corrected chi connectivity index (χ1v) is 13.2. The number of anilines is 1. The zero-order valence-corrected chi connectivity index (χ0v) is 24.4. The Kier molecular flexibility index (Phi) is 12.4. The Morgan fingerprint density at radius 1 is 1.27 bits per heavy atom. The standard InChI is InChI=1S/C27H35F2N5O5.2ClH/c1-39-25-22-17(24(35)18(27(37)38)14-34(22)16-7-8-16)11-19(28)23(25)33-10-4-5-15(13-33)20(29)12-32-26(36)21(31)6-2-3-9-30;;/h11,14,16,21H,2-10,12-13,30-31H2,1H3,(H,32,36)(H,37,38);2*1H/t21-;;/m0../s1. The van der Waals surface area contributed by atoms with E-state index in [-0.39, 0.29) is 60.8 Å². The number of halogens is 4. The lowest BCUT2D eigenvalue weighted by Gasteiger charge is -2.33. The fourth-order valence-electron chi connectivity index (χ4n) is 5.07. The highest BCUT2D eigenvalue weighted by Crippen LogP contribution is 2.44. The summed E-state index contributed by atoms with van der Waals surface area (Å²) in [5, 5.41) is 12.0. The van der Waals surface area contributed by atoms with E-state index in [0.29, 0.717) is 49.9 Å². The van der Waals surface area contributed by atoms with Gasteiger partial charge in [-0.15, -0.1) is 24.8 Å². The van der Waals surface area contributed by atoms with Crippen LogP contribution < -0.4 is 31.8 Å². The van der Waals surface area contributed by atoms with Crippen molar-refractivity contribution in [3.8, 4) is 5.75 Å². The summed E-state index contributed by atoms with van der Waals surface area (Å²) >= 11 is 0. The summed E-state index contributed by atoms with van der Waals surface area (Å²) in [6, 6.07) is 0.262. The van der Waals surface area contributed by atoms with Crippen LogP contribution in [0.4, 0.5) is 14.5 Å². The van der Waals surface area contributed by atoms with Gasteiger partial charge < -0.3 is 36.1 Å². The van der Waals surface area contributed by atoms with Gasteiger partial charge in [0, 0.05) is 25.3 Å². The molecule has 0 bridgehead atoms. The van der Waals surface area contributed by atoms with Gasteiger partial charge in [0.15, 0.2) is 11.6 Å². The molecule has 2 fully saturated rings. The number of nitrogens with one attached hydrogen (secondary N) is 1. The molecule has 2 aromatic rings. The van der Waals surface area contributed by atoms with Crippen LogP contribution in [0, 0.1) is 5.82 Å². The first kappa shape index (κ1) is 34.3. The van der Waals surface area contributed by atoms with E-state index in [2.05, 4.69) is 5.32 Å². The molecule has 1 saturated carbocycles. The molecule has 1 aromatic heterocycles. The number of piperidine rings is 1. The summed E-state index contributed by atoms with van der Waals surface area (Å²) < 4.78 is 38.1. The Morgan fingerprint density at radius 2 is 1.98 bits per heavy atom. The number of carbonyl (C=O) groups is 2. The van der Waals surface area contributed by atoms with Crippen molar-refractivity contribution in [2.24, 2.45) is 11.5 Å². The maximum Gasteiger partial charge on any atom is 0.341 e. The lowest BCUT2D eigenvalue weighted by atomic mass is 10.0. The Balaban J connectivity index is 0.00000294. The molecule has 1 amide bonds. The number of methoxy groups -OCH3 is 1. The van der Waals surface area contributed by atoms with E-state index in [9.17, 15) is 19.5 Å². The normalized spacial score (nSPS) is 16.9.